The minimum atomic E-state index is -0.260. The van der Waals surface area contributed by atoms with Crippen molar-refractivity contribution in [3.05, 3.63) is 29.3 Å². The van der Waals surface area contributed by atoms with E-state index in [0.29, 0.717) is 13.0 Å². The molecule has 0 saturated heterocycles. The van der Waals surface area contributed by atoms with Gasteiger partial charge in [-0.2, -0.15) is 18.2 Å². The first-order chi connectivity index (χ1) is 7.75. The van der Waals surface area contributed by atoms with E-state index in [-0.39, 0.29) is 6.67 Å². The van der Waals surface area contributed by atoms with E-state index in [2.05, 4.69) is 19.7 Å². The molecule has 1 nitrogen and oxygen atoms in total. The van der Waals surface area contributed by atoms with Gasteiger partial charge in [-0.05, 0) is 12.8 Å². The van der Waals surface area contributed by atoms with Crippen molar-refractivity contribution in [2.45, 2.75) is 26.7 Å². The van der Waals surface area contributed by atoms with Gasteiger partial charge in [0.25, 0.3) is 0 Å². The number of halogens is 2. The zero-order chi connectivity index (χ0) is 12.4. The normalized spacial score (nSPS) is 9.38. The Bertz CT molecular complexity index is 274. The molecule has 1 aromatic carbocycles. The van der Waals surface area contributed by atoms with E-state index in [1.165, 1.54) is 16.3 Å². The molecule has 0 radical (unpaired) electrons. The van der Waals surface area contributed by atoms with Crippen LogP contribution >= 0.6 is 13.6 Å². The predicted octanol–water partition coefficient (Wildman–Crippen LogP) is 4.08. The maximum absolute atomic E-state index is 11.8. The van der Waals surface area contributed by atoms with E-state index < -0.39 is 0 Å². The van der Waals surface area contributed by atoms with Crippen LogP contribution < -0.4 is 4.74 Å². The number of rotatable bonds is 5. The van der Waals surface area contributed by atoms with Crippen LogP contribution in [0.4, 0.5) is 4.39 Å². The van der Waals surface area contributed by atoms with Gasteiger partial charge in [-0.1, -0.05) is 13.8 Å². The Morgan fingerprint density at radius 1 is 1.25 bits per heavy atom. The van der Waals surface area contributed by atoms with Crippen LogP contribution in [-0.4, -0.2) is 13.3 Å². The van der Waals surface area contributed by atoms with Crippen LogP contribution in [0.15, 0.2) is 12.1 Å². The molecule has 0 N–H and O–H groups in total. The summed E-state index contributed by atoms with van der Waals surface area (Å²) in [5.41, 5.74) is 2.18. The van der Waals surface area contributed by atoms with Crippen molar-refractivity contribution in [1.29, 1.82) is 0 Å². The van der Waals surface area contributed by atoms with Crippen molar-refractivity contribution >= 4 is 13.6 Å². The van der Waals surface area contributed by atoms with Crippen molar-refractivity contribution in [2.75, 3.05) is 13.3 Å². The average Bonchev–Trinajstić information content (AvgIpc) is 2.30. The molecular formula is C12H16BrFOZn. The molecule has 0 aliphatic carbocycles. The van der Waals surface area contributed by atoms with Crippen LogP contribution in [0.1, 0.15) is 24.0 Å². The fourth-order valence-corrected chi connectivity index (χ4v) is 1.33. The third-order valence-electron chi connectivity index (χ3n) is 2.09. The van der Waals surface area contributed by atoms with Crippen molar-refractivity contribution < 1.29 is 25.5 Å². The molecule has 0 bridgehead atoms. The number of unbranched alkanes of at least 4 members (excludes halogenated alkanes) is 1. The van der Waals surface area contributed by atoms with Gasteiger partial charge in [0.2, 0.25) is 0 Å². The van der Waals surface area contributed by atoms with Gasteiger partial charge >= 0.3 is 30.0 Å². The molecule has 16 heavy (non-hydrogen) atoms. The zero-order valence-corrected chi connectivity index (χ0v) is 14.4. The van der Waals surface area contributed by atoms with E-state index >= 15 is 0 Å². The van der Waals surface area contributed by atoms with Crippen molar-refractivity contribution in [2.24, 2.45) is 0 Å². The summed E-state index contributed by atoms with van der Waals surface area (Å²) in [7, 11) is 0. The fourth-order valence-electron chi connectivity index (χ4n) is 1.33. The molecule has 1 aromatic rings. The first kappa shape index (κ1) is 16.1. The van der Waals surface area contributed by atoms with Crippen LogP contribution in [0, 0.1) is 19.9 Å². The molecule has 0 unspecified atom stereocenters. The number of alkyl halides is 1. The van der Waals surface area contributed by atoms with Crippen molar-refractivity contribution in [3.8, 4) is 5.75 Å². The molecule has 0 aliphatic heterocycles. The van der Waals surface area contributed by atoms with Gasteiger partial charge < -0.3 is 4.74 Å². The van der Waals surface area contributed by atoms with Crippen LogP contribution in [0.5, 0.6) is 5.75 Å². The van der Waals surface area contributed by atoms with E-state index in [1.807, 2.05) is 26.0 Å². The first-order valence-corrected chi connectivity index (χ1v) is 12.1. The van der Waals surface area contributed by atoms with Gasteiger partial charge in [0.05, 0.1) is 13.3 Å². The third kappa shape index (κ3) is 5.95. The summed E-state index contributed by atoms with van der Waals surface area (Å²) in [5.74, 6) is 0.919. The van der Waals surface area contributed by atoms with Crippen molar-refractivity contribution in [3.63, 3.8) is 0 Å². The molecular weight excluding hydrogens is 324 g/mol. The van der Waals surface area contributed by atoms with E-state index in [4.69, 9.17) is 4.74 Å². The second-order valence-corrected chi connectivity index (χ2v) is 3.40. The molecule has 0 aromatic heterocycles. The van der Waals surface area contributed by atoms with E-state index in [9.17, 15) is 4.39 Å². The molecule has 0 amide bonds. The number of hydrogen-bond donors (Lipinski definition) is 0. The first-order valence-electron chi connectivity index (χ1n) is 5.18. The standard InChI is InChI=1S/C12H16FO.BrH.Zn/c1-10-6-5-7-11(2)12(10)14-9-4-3-8-13;;/h6-7H,3-4,8-9H2,1-2H3;1H;/q-1;;+2/p-1. The van der Waals surface area contributed by atoms with E-state index in [1.54, 1.807) is 0 Å². The fraction of sp³-hybridized carbons (Fsp3) is 0.500. The van der Waals surface area contributed by atoms with Gasteiger partial charge in [0.15, 0.2) is 0 Å². The molecule has 0 aliphatic rings. The van der Waals surface area contributed by atoms with Crippen molar-refractivity contribution in [1.82, 2.24) is 0 Å². The molecule has 0 atom stereocenters. The minimum absolute atomic E-state index is 0.260. The average molecular weight is 341 g/mol. The number of hydrogen-bond acceptors (Lipinski definition) is 1. The van der Waals surface area contributed by atoms with Gasteiger partial charge in [-0.15, -0.1) is 11.1 Å². The molecule has 86 valence electrons. The second-order valence-electron chi connectivity index (χ2n) is 3.40. The Hall–Kier alpha value is 0.0534. The third-order valence-corrected chi connectivity index (χ3v) is 2.09. The molecule has 4 heteroatoms. The Balaban J connectivity index is 0.00000106. The quantitative estimate of drug-likeness (QED) is 0.446. The second kappa shape index (κ2) is 10.2. The SMILES string of the molecule is Cc1c[c-]cc(C)c1OCCCCF.[Zn+][Br]. The van der Waals surface area contributed by atoms with Gasteiger partial charge in [-0.25, -0.2) is 0 Å². The summed E-state index contributed by atoms with van der Waals surface area (Å²) in [5, 5.41) is 0. The molecule has 0 fully saturated rings. The van der Waals surface area contributed by atoms with Crippen LogP contribution in [0.3, 0.4) is 0 Å². The van der Waals surface area contributed by atoms with Crippen LogP contribution in [-0.2, 0) is 16.3 Å². The monoisotopic (exact) mass is 338 g/mol. The Labute approximate surface area is 114 Å². The zero-order valence-electron chi connectivity index (χ0n) is 9.85. The number of aryl methyl sites for hydroxylation is 2. The summed E-state index contributed by atoms with van der Waals surface area (Å²) in [6.45, 7) is 4.32. The Morgan fingerprint density at radius 2 is 1.81 bits per heavy atom. The number of ether oxygens (including phenoxy) is 1. The van der Waals surface area contributed by atoms with Crippen LogP contribution in [0.25, 0.3) is 0 Å². The summed E-state index contributed by atoms with van der Waals surface area (Å²) in [6.07, 6.45) is 1.35. The maximum atomic E-state index is 11.8. The van der Waals surface area contributed by atoms with Gasteiger partial charge in [0.1, 0.15) is 0 Å². The molecule has 0 heterocycles. The summed E-state index contributed by atoms with van der Waals surface area (Å²) in [6, 6.07) is 6.83. The number of benzene rings is 1. The molecule has 1 rings (SSSR count). The molecule has 0 spiro atoms. The summed E-state index contributed by atoms with van der Waals surface area (Å²) in [4.78, 5) is 0. The summed E-state index contributed by atoms with van der Waals surface area (Å²) < 4.78 is 17.4. The molecule has 0 saturated carbocycles. The Kier molecular flexibility index (Phi) is 10.3. The van der Waals surface area contributed by atoms with Crippen LogP contribution in [0.2, 0.25) is 0 Å². The van der Waals surface area contributed by atoms with Gasteiger partial charge in [0, 0.05) is 5.75 Å². The van der Waals surface area contributed by atoms with E-state index in [0.717, 1.165) is 23.3 Å². The topological polar surface area (TPSA) is 9.23 Å². The summed E-state index contributed by atoms with van der Waals surface area (Å²) >= 11 is 4.25. The van der Waals surface area contributed by atoms with Gasteiger partial charge in [-0.3, -0.25) is 4.39 Å². The predicted molar refractivity (Wildman–Crippen MR) is 64.4 cm³/mol. The Morgan fingerprint density at radius 3 is 2.31 bits per heavy atom.